The molecule has 0 N–H and O–H groups in total. The number of benzene rings is 1. The molecule has 6 nitrogen and oxygen atoms in total. The number of hydrogen-bond donors (Lipinski definition) is 0. The average molecular weight is 447 g/mol. The maximum atomic E-state index is 12.3. The quantitative estimate of drug-likeness (QED) is 0.611. The third-order valence-corrected chi connectivity index (χ3v) is 7.51. The van der Waals surface area contributed by atoms with Crippen molar-refractivity contribution in [2.24, 2.45) is 11.8 Å². The average Bonchev–Trinajstić information content (AvgIpc) is 3.74. The zero-order chi connectivity index (χ0) is 22.4. The molecule has 174 valence electrons. The highest BCUT2D eigenvalue weighted by Crippen LogP contribution is 2.37. The minimum atomic E-state index is 0.308. The minimum Gasteiger partial charge on any atom is -0.377 e. The molecular weight excluding hydrogens is 412 g/mol. The largest absolute Gasteiger partial charge is 0.377 e. The van der Waals surface area contributed by atoms with Crippen molar-refractivity contribution < 1.29 is 9.53 Å². The van der Waals surface area contributed by atoms with E-state index < -0.39 is 0 Å². The molecule has 6 rings (SSSR count). The van der Waals surface area contributed by atoms with Crippen LogP contribution in [-0.2, 0) is 29.0 Å². The van der Waals surface area contributed by atoms with E-state index >= 15 is 0 Å². The van der Waals surface area contributed by atoms with E-state index in [0.29, 0.717) is 24.2 Å². The molecule has 6 heteroatoms. The van der Waals surface area contributed by atoms with Crippen molar-refractivity contribution in [2.75, 3.05) is 31.2 Å². The lowest BCUT2D eigenvalue weighted by Gasteiger charge is -2.35. The molecule has 0 unspecified atom stereocenters. The molecule has 3 fully saturated rings. The normalized spacial score (nSPS) is 23.1. The molecule has 4 aliphatic rings. The molecule has 2 saturated carbocycles. The van der Waals surface area contributed by atoms with Crippen LogP contribution in [0, 0.1) is 11.8 Å². The summed E-state index contributed by atoms with van der Waals surface area (Å²) in [4.78, 5) is 27.4. The maximum absolute atomic E-state index is 12.3. The molecule has 1 saturated heterocycles. The van der Waals surface area contributed by atoms with Gasteiger partial charge >= 0.3 is 0 Å². The zero-order valence-corrected chi connectivity index (χ0v) is 19.6. The van der Waals surface area contributed by atoms with E-state index in [4.69, 9.17) is 14.7 Å². The van der Waals surface area contributed by atoms with Crippen molar-refractivity contribution in [3.63, 3.8) is 0 Å². The highest BCUT2D eigenvalue weighted by Gasteiger charge is 2.33. The van der Waals surface area contributed by atoms with Crippen molar-refractivity contribution in [1.29, 1.82) is 0 Å². The first-order valence-corrected chi connectivity index (χ1v) is 12.7. The van der Waals surface area contributed by atoms with Crippen LogP contribution in [0.4, 0.5) is 5.82 Å². The molecule has 0 amide bonds. The SMILES string of the molecule is C[C@H]1COCCN1c1nc(-c2ccc(CC(=O)CC3CC3)cc2)nc2c1CN(CC1CC1)C2. The smallest absolute Gasteiger partial charge is 0.161 e. The fourth-order valence-corrected chi connectivity index (χ4v) is 5.22. The van der Waals surface area contributed by atoms with Crippen molar-refractivity contribution in [3.05, 3.63) is 41.1 Å². The fourth-order valence-electron chi connectivity index (χ4n) is 5.22. The predicted molar refractivity (Wildman–Crippen MR) is 128 cm³/mol. The molecule has 33 heavy (non-hydrogen) atoms. The Morgan fingerprint density at radius 3 is 2.58 bits per heavy atom. The van der Waals surface area contributed by atoms with Gasteiger partial charge in [-0.3, -0.25) is 9.69 Å². The molecule has 1 atom stereocenters. The Hall–Kier alpha value is -2.31. The number of hydrogen-bond acceptors (Lipinski definition) is 6. The zero-order valence-electron chi connectivity index (χ0n) is 19.6. The first-order chi connectivity index (χ1) is 16.1. The monoisotopic (exact) mass is 446 g/mol. The number of fused-ring (bicyclic) bond motifs is 1. The van der Waals surface area contributed by atoms with E-state index in [1.165, 1.54) is 43.5 Å². The van der Waals surface area contributed by atoms with Crippen LogP contribution >= 0.6 is 0 Å². The topological polar surface area (TPSA) is 58.6 Å². The van der Waals surface area contributed by atoms with Crippen LogP contribution in [0.15, 0.2) is 24.3 Å². The molecule has 0 bridgehead atoms. The second-order valence-corrected chi connectivity index (χ2v) is 10.6. The molecule has 1 aromatic carbocycles. The summed E-state index contributed by atoms with van der Waals surface area (Å²) in [6.07, 6.45) is 6.47. The van der Waals surface area contributed by atoms with E-state index in [1.807, 2.05) is 0 Å². The Kier molecular flexibility index (Phi) is 5.67. The van der Waals surface area contributed by atoms with E-state index in [1.54, 1.807) is 0 Å². The van der Waals surface area contributed by atoms with Crippen LogP contribution in [0.5, 0.6) is 0 Å². The lowest BCUT2D eigenvalue weighted by atomic mass is 10.0. The maximum Gasteiger partial charge on any atom is 0.161 e. The number of aromatic nitrogens is 2. The van der Waals surface area contributed by atoms with E-state index in [9.17, 15) is 4.79 Å². The number of anilines is 1. The standard InChI is InChI=1S/C27H34N4O2/c1-18-17-33-11-10-31(18)27-24-15-30(14-21-4-5-21)16-25(24)28-26(29-27)22-8-6-20(7-9-22)13-23(32)12-19-2-3-19/h6-9,18-19,21H,2-5,10-17H2,1H3/t18-/m0/s1. The summed E-state index contributed by atoms with van der Waals surface area (Å²) in [5.74, 6) is 3.77. The third kappa shape index (κ3) is 4.82. The van der Waals surface area contributed by atoms with Gasteiger partial charge in [-0.05, 0) is 50.0 Å². The number of ketones is 1. The van der Waals surface area contributed by atoms with Crippen LogP contribution in [0.3, 0.4) is 0 Å². The lowest BCUT2D eigenvalue weighted by molar-refractivity contribution is -0.118. The van der Waals surface area contributed by atoms with Gasteiger partial charge in [0.05, 0.1) is 24.9 Å². The van der Waals surface area contributed by atoms with Crippen molar-refractivity contribution >= 4 is 11.6 Å². The molecule has 1 aromatic heterocycles. The summed E-state index contributed by atoms with van der Waals surface area (Å²) >= 11 is 0. The van der Waals surface area contributed by atoms with Crippen LogP contribution < -0.4 is 4.90 Å². The van der Waals surface area contributed by atoms with Crippen molar-refractivity contribution in [2.45, 2.75) is 64.6 Å². The molecule has 0 spiro atoms. The Morgan fingerprint density at radius 2 is 1.85 bits per heavy atom. The van der Waals surface area contributed by atoms with Gasteiger partial charge < -0.3 is 9.64 Å². The van der Waals surface area contributed by atoms with Gasteiger partial charge in [0.25, 0.3) is 0 Å². The van der Waals surface area contributed by atoms with Gasteiger partial charge in [-0.1, -0.05) is 24.3 Å². The number of carbonyl (C=O) groups excluding carboxylic acids is 1. The Morgan fingerprint density at radius 1 is 1.06 bits per heavy atom. The van der Waals surface area contributed by atoms with Gasteiger partial charge in [-0.15, -0.1) is 0 Å². The summed E-state index contributed by atoms with van der Waals surface area (Å²) < 4.78 is 5.70. The number of ether oxygens (including phenoxy) is 1. The second-order valence-electron chi connectivity index (χ2n) is 10.6. The van der Waals surface area contributed by atoms with Crippen LogP contribution in [-0.4, -0.2) is 53.0 Å². The van der Waals surface area contributed by atoms with Gasteiger partial charge in [-0.25, -0.2) is 9.97 Å². The van der Waals surface area contributed by atoms with Crippen molar-refractivity contribution in [1.82, 2.24) is 14.9 Å². The number of morpholine rings is 1. The molecule has 2 aromatic rings. The molecular formula is C27H34N4O2. The predicted octanol–water partition coefficient (Wildman–Crippen LogP) is 4.01. The number of rotatable bonds is 8. The highest BCUT2D eigenvalue weighted by atomic mass is 16.5. The number of Topliss-reactive ketones (excluding diaryl/α,β-unsaturated/α-hetero) is 1. The molecule has 2 aliphatic heterocycles. The summed E-state index contributed by atoms with van der Waals surface area (Å²) in [6, 6.07) is 8.64. The summed E-state index contributed by atoms with van der Waals surface area (Å²) in [5, 5.41) is 0. The Bertz CT molecular complexity index is 1030. The number of nitrogens with zero attached hydrogens (tertiary/aromatic N) is 4. The van der Waals surface area contributed by atoms with Crippen LogP contribution in [0.25, 0.3) is 11.4 Å². The number of carbonyl (C=O) groups is 1. The van der Waals surface area contributed by atoms with Crippen LogP contribution in [0.1, 0.15) is 55.8 Å². The van der Waals surface area contributed by atoms with E-state index in [2.05, 4.69) is 41.0 Å². The lowest BCUT2D eigenvalue weighted by Crippen LogP contribution is -2.44. The third-order valence-electron chi connectivity index (χ3n) is 7.51. The first kappa shape index (κ1) is 21.2. The highest BCUT2D eigenvalue weighted by molar-refractivity contribution is 5.81. The first-order valence-electron chi connectivity index (χ1n) is 12.7. The van der Waals surface area contributed by atoms with Crippen molar-refractivity contribution in [3.8, 4) is 11.4 Å². The van der Waals surface area contributed by atoms with Gasteiger partial charge in [0.1, 0.15) is 11.6 Å². The van der Waals surface area contributed by atoms with Gasteiger partial charge in [-0.2, -0.15) is 0 Å². The fraction of sp³-hybridized carbons (Fsp3) is 0.593. The molecule has 3 heterocycles. The summed E-state index contributed by atoms with van der Waals surface area (Å²) in [6.45, 7) is 7.62. The minimum absolute atomic E-state index is 0.308. The van der Waals surface area contributed by atoms with Gasteiger partial charge in [0.15, 0.2) is 5.82 Å². The summed E-state index contributed by atoms with van der Waals surface area (Å²) in [7, 11) is 0. The van der Waals surface area contributed by atoms with Crippen LogP contribution in [0.2, 0.25) is 0 Å². The van der Waals surface area contributed by atoms with Gasteiger partial charge in [0, 0.05) is 50.1 Å². The van der Waals surface area contributed by atoms with Gasteiger partial charge in [0.2, 0.25) is 0 Å². The Balaban J connectivity index is 1.27. The van der Waals surface area contributed by atoms with E-state index in [0.717, 1.165) is 68.0 Å². The molecule has 2 aliphatic carbocycles. The van der Waals surface area contributed by atoms with E-state index in [-0.39, 0.29) is 0 Å². The summed E-state index contributed by atoms with van der Waals surface area (Å²) in [5.41, 5.74) is 4.59. The second kappa shape index (κ2) is 8.80. The molecule has 0 radical (unpaired) electrons. The Labute approximate surface area is 196 Å².